The van der Waals surface area contributed by atoms with Gasteiger partial charge in [0.15, 0.2) is 6.73 Å². The summed E-state index contributed by atoms with van der Waals surface area (Å²) in [5.41, 5.74) is 5.60. The summed E-state index contributed by atoms with van der Waals surface area (Å²) < 4.78 is 11.6. The van der Waals surface area contributed by atoms with Gasteiger partial charge in [0, 0.05) is 17.1 Å². The van der Waals surface area contributed by atoms with Crippen molar-refractivity contribution in [3.63, 3.8) is 0 Å². The number of halogens is 1. The maximum atomic E-state index is 12.1. The predicted octanol–water partition coefficient (Wildman–Crippen LogP) is 5.37. The van der Waals surface area contributed by atoms with Gasteiger partial charge in [-0.15, -0.1) is 0 Å². The van der Waals surface area contributed by atoms with Crippen molar-refractivity contribution in [3.8, 4) is 5.75 Å². The highest BCUT2D eigenvalue weighted by Gasteiger charge is 2.25. The molecule has 2 aromatic carbocycles. The van der Waals surface area contributed by atoms with Gasteiger partial charge in [-0.25, -0.2) is 4.79 Å². The van der Waals surface area contributed by atoms with Gasteiger partial charge in [0.2, 0.25) is 0 Å². The first kappa shape index (κ1) is 17.9. The minimum atomic E-state index is -0.334. The third-order valence-corrected chi connectivity index (χ3v) is 5.49. The molecule has 0 N–H and O–H groups in total. The number of aryl methyl sites for hydroxylation is 3. The summed E-state index contributed by atoms with van der Waals surface area (Å²) in [7, 11) is 0. The standard InChI is InChI=1S/C22H22ClNO3/c1-4-5-15-9-20(25)27-21-17(15)10-19(23)22-18(21)11-24(12-26-22)16-7-6-13(2)14(3)8-16/h6-10H,4-5,11-12H2,1-3H3. The largest absolute Gasteiger partial charge is 0.471 e. The molecule has 0 unspecified atom stereocenters. The highest BCUT2D eigenvalue weighted by atomic mass is 35.5. The molecule has 0 saturated carbocycles. The number of ether oxygens (including phenoxy) is 1. The van der Waals surface area contributed by atoms with Crippen LogP contribution in [0.25, 0.3) is 11.0 Å². The Morgan fingerprint density at radius 1 is 1.15 bits per heavy atom. The number of anilines is 1. The maximum Gasteiger partial charge on any atom is 0.336 e. The van der Waals surface area contributed by atoms with E-state index in [0.29, 0.717) is 29.6 Å². The molecule has 0 radical (unpaired) electrons. The number of rotatable bonds is 3. The van der Waals surface area contributed by atoms with Crippen LogP contribution in [0.3, 0.4) is 0 Å². The van der Waals surface area contributed by atoms with Crippen LogP contribution >= 0.6 is 11.6 Å². The summed E-state index contributed by atoms with van der Waals surface area (Å²) in [5.74, 6) is 0.612. The maximum absolute atomic E-state index is 12.1. The molecule has 0 bridgehead atoms. The Labute approximate surface area is 163 Å². The lowest BCUT2D eigenvalue weighted by Crippen LogP contribution is -2.32. The first-order chi connectivity index (χ1) is 13.0. The van der Waals surface area contributed by atoms with E-state index in [1.54, 1.807) is 6.07 Å². The van der Waals surface area contributed by atoms with Crippen LogP contribution in [0.5, 0.6) is 5.75 Å². The molecule has 0 atom stereocenters. The van der Waals surface area contributed by atoms with Crippen LogP contribution in [0.1, 0.15) is 35.6 Å². The second kappa shape index (κ2) is 6.93. The van der Waals surface area contributed by atoms with Crippen LogP contribution in [0, 0.1) is 13.8 Å². The Morgan fingerprint density at radius 2 is 1.96 bits per heavy atom. The number of hydrogen-bond donors (Lipinski definition) is 0. The number of fused-ring (bicyclic) bond motifs is 3. The summed E-state index contributed by atoms with van der Waals surface area (Å²) in [6, 6.07) is 9.77. The number of benzene rings is 2. The molecular weight excluding hydrogens is 362 g/mol. The average Bonchev–Trinajstić information content (AvgIpc) is 2.65. The normalized spacial score (nSPS) is 13.6. The highest BCUT2D eigenvalue weighted by Crippen LogP contribution is 2.40. The van der Waals surface area contributed by atoms with Crippen molar-refractivity contribution in [1.29, 1.82) is 0 Å². The van der Waals surface area contributed by atoms with Crippen molar-refractivity contribution in [3.05, 3.63) is 68.0 Å². The lowest BCUT2D eigenvalue weighted by atomic mass is 10.0. The monoisotopic (exact) mass is 383 g/mol. The number of nitrogens with zero attached hydrogens (tertiary/aromatic N) is 1. The SMILES string of the molecule is CCCc1cc(=O)oc2c3c(c(Cl)cc12)OCN(c1ccc(C)c(C)c1)C3. The van der Waals surface area contributed by atoms with Gasteiger partial charge in [0.05, 0.1) is 17.1 Å². The van der Waals surface area contributed by atoms with Gasteiger partial charge in [0.1, 0.15) is 11.3 Å². The molecule has 1 aliphatic rings. The van der Waals surface area contributed by atoms with Crippen LogP contribution in [-0.2, 0) is 13.0 Å². The van der Waals surface area contributed by atoms with E-state index in [1.165, 1.54) is 11.1 Å². The van der Waals surface area contributed by atoms with Gasteiger partial charge in [-0.05, 0) is 55.2 Å². The van der Waals surface area contributed by atoms with Gasteiger partial charge in [0.25, 0.3) is 0 Å². The highest BCUT2D eigenvalue weighted by molar-refractivity contribution is 6.33. The fourth-order valence-electron chi connectivity index (χ4n) is 3.62. The molecule has 0 aliphatic carbocycles. The van der Waals surface area contributed by atoms with Crippen molar-refractivity contribution in [2.75, 3.05) is 11.6 Å². The molecule has 27 heavy (non-hydrogen) atoms. The van der Waals surface area contributed by atoms with Crippen LogP contribution in [0.2, 0.25) is 5.02 Å². The lowest BCUT2D eigenvalue weighted by Gasteiger charge is -2.32. The molecule has 1 aromatic heterocycles. The van der Waals surface area contributed by atoms with E-state index < -0.39 is 0 Å². The zero-order valence-electron chi connectivity index (χ0n) is 15.8. The topological polar surface area (TPSA) is 42.7 Å². The molecule has 0 saturated heterocycles. The molecule has 5 heteroatoms. The molecular formula is C22H22ClNO3. The molecule has 4 nitrogen and oxygen atoms in total. The van der Waals surface area contributed by atoms with Crippen LogP contribution in [-0.4, -0.2) is 6.73 Å². The van der Waals surface area contributed by atoms with Crippen molar-refractivity contribution < 1.29 is 9.15 Å². The van der Waals surface area contributed by atoms with Crippen molar-refractivity contribution >= 4 is 28.3 Å². The second-order valence-corrected chi connectivity index (χ2v) is 7.53. The van der Waals surface area contributed by atoms with Crippen LogP contribution < -0.4 is 15.3 Å². The molecule has 0 amide bonds. The Kier molecular flexibility index (Phi) is 4.60. The Hall–Kier alpha value is -2.46. The van der Waals surface area contributed by atoms with Crippen molar-refractivity contribution in [1.82, 2.24) is 0 Å². The summed E-state index contributed by atoms with van der Waals surface area (Å²) in [5, 5.41) is 1.45. The fourth-order valence-corrected chi connectivity index (χ4v) is 3.89. The predicted molar refractivity (Wildman–Crippen MR) is 109 cm³/mol. The van der Waals surface area contributed by atoms with Crippen molar-refractivity contribution in [2.45, 2.75) is 40.2 Å². The Balaban J connectivity index is 1.86. The van der Waals surface area contributed by atoms with Crippen LogP contribution in [0.15, 0.2) is 39.5 Å². The molecule has 4 rings (SSSR count). The summed E-state index contributed by atoms with van der Waals surface area (Å²) >= 11 is 6.51. The Morgan fingerprint density at radius 3 is 2.70 bits per heavy atom. The minimum absolute atomic E-state index is 0.334. The third kappa shape index (κ3) is 3.19. The zero-order chi connectivity index (χ0) is 19.1. The third-order valence-electron chi connectivity index (χ3n) is 5.21. The quantitative estimate of drug-likeness (QED) is 0.570. The van der Waals surface area contributed by atoms with Gasteiger partial charge in [-0.2, -0.15) is 0 Å². The Bertz CT molecular complexity index is 1090. The first-order valence-electron chi connectivity index (χ1n) is 9.21. The van der Waals surface area contributed by atoms with E-state index in [2.05, 4.69) is 43.9 Å². The lowest BCUT2D eigenvalue weighted by molar-refractivity contribution is 0.289. The molecule has 140 valence electrons. The molecule has 0 spiro atoms. The first-order valence-corrected chi connectivity index (χ1v) is 9.59. The molecule has 0 fully saturated rings. The van der Waals surface area contributed by atoms with E-state index in [1.807, 2.05) is 6.07 Å². The van der Waals surface area contributed by atoms with E-state index in [-0.39, 0.29) is 5.63 Å². The molecule has 2 heterocycles. The smallest absolute Gasteiger partial charge is 0.336 e. The van der Waals surface area contributed by atoms with Gasteiger partial charge in [-0.3, -0.25) is 0 Å². The van der Waals surface area contributed by atoms with E-state index in [9.17, 15) is 4.79 Å². The summed E-state index contributed by atoms with van der Waals surface area (Å²) in [6.07, 6.45) is 1.75. The van der Waals surface area contributed by atoms with Gasteiger partial charge < -0.3 is 14.1 Å². The zero-order valence-corrected chi connectivity index (χ0v) is 16.5. The molecule has 3 aromatic rings. The summed E-state index contributed by atoms with van der Waals surface area (Å²) in [4.78, 5) is 14.3. The minimum Gasteiger partial charge on any atom is -0.471 e. The van der Waals surface area contributed by atoms with E-state index >= 15 is 0 Å². The number of hydrogen-bond acceptors (Lipinski definition) is 4. The van der Waals surface area contributed by atoms with Gasteiger partial charge >= 0.3 is 5.63 Å². The fraction of sp³-hybridized carbons (Fsp3) is 0.318. The van der Waals surface area contributed by atoms with E-state index in [4.69, 9.17) is 20.8 Å². The average molecular weight is 384 g/mol. The molecule has 1 aliphatic heterocycles. The van der Waals surface area contributed by atoms with Crippen LogP contribution in [0.4, 0.5) is 5.69 Å². The van der Waals surface area contributed by atoms with E-state index in [0.717, 1.165) is 35.0 Å². The van der Waals surface area contributed by atoms with Gasteiger partial charge in [-0.1, -0.05) is 31.0 Å². The summed E-state index contributed by atoms with van der Waals surface area (Å²) in [6.45, 7) is 7.26. The van der Waals surface area contributed by atoms with Crippen molar-refractivity contribution in [2.24, 2.45) is 0 Å². The second-order valence-electron chi connectivity index (χ2n) is 7.12.